The molecule has 0 aliphatic carbocycles. The van der Waals surface area contributed by atoms with Gasteiger partial charge in [0.2, 0.25) is 0 Å². The molecule has 0 amide bonds. The Morgan fingerprint density at radius 3 is 1.48 bits per heavy atom. The molecule has 1 aromatic heterocycles. The Kier molecular flexibility index (Phi) is 10.3. The molecule has 10 aromatic rings. The molecule has 9 aromatic carbocycles. The van der Waals surface area contributed by atoms with Crippen molar-refractivity contribution in [2.45, 2.75) is 0 Å². The van der Waals surface area contributed by atoms with E-state index in [2.05, 4.69) is 84.9 Å². The largest absolute Gasteiger partial charge is 0.455 e. The van der Waals surface area contributed by atoms with Crippen LogP contribution in [0, 0.1) is 0 Å². The molecule has 0 bridgehead atoms. The van der Waals surface area contributed by atoms with Gasteiger partial charge in [-0.25, -0.2) is 0 Å². The van der Waals surface area contributed by atoms with Gasteiger partial charge in [-0.05, 0) is 74.7 Å². The zero-order valence-electron chi connectivity index (χ0n) is 34.1. The highest BCUT2D eigenvalue weighted by Crippen LogP contribution is 2.45. The second-order valence-corrected chi connectivity index (χ2v) is 15.6. The van der Waals surface area contributed by atoms with Crippen LogP contribution in [0.1, 0.15) is 0 Å². The zero-order chi connectivity index (χ0) is 43.7. The second kappa shape index (κ2) is 16.0. The smallest absolute Gasteiger partial charge is 0.143 e. The highest BCUT2D eigenvalue weighted by atomic mass is 16.3. The van der Waals surface area contributed by atoms with Gasteiger partial charge in [-0.2, -0.15) is 0 Å². The molecule has 0 aliphatic rings. The SMILES string of the molecule is [B]c1c([B])c([B])c(-c2c([B])c([B])c(N(c3ccc(-c4ccc(-c5ccccc5)cc4)cc3)c3ccccc3-c3cccc4oc5c6ccccc6ccc5c34)c([B])c2[B])c([B])c1[B]. The zero-order valence-corrected chi connectivity index (χ0v) is 34.1. The lowest BCUT2D eigenvalue weighted by molar-refractivity contribution is 0.673. The summed E-state index contributed by atoms with van der Waals surface area (Å²) in [5.74, 6) is 0. The highest BCUT2D eigenvalue weighted by Gasteiger charge is 2.26. The third-order valence-corrected chi connectivity index (χ3v) is 12.1. The Hall–Kier alpha value is -6.58. The Morgan fingerprint density at radius 1 is 0.349 bits per heavy atom. The highest BCUT2D eigenvalue weighted by molar-refractivity contribution is 6.71. The van der Waals surface area contributed by atoms with Crippen LogP contribution in [0.15, 0.2) is 162 Å². The summed E-state index contributed by atoms with van der Waals surface area (Å²) in [5, 5.41) is 4.06. The molecular formula is C52H26B9NO. The summed E-state index contributed by atoms with van der Waals surface area (Å²) in [7, 11) is 60.2. The summed E-state index contributed by atoms with van der Waals surface area (Å²) in [5.41, 5.74) is 10.5. The van der Waals surface area contributed by atoms with E-state index in [-0.39, 0.29) is 60.3 Å². The van der Waals surface area contributed by atoms with Crippen LogP contribution in [-0.2, 0) is 0 Å². The minimum atomic E-state index is 0.0380. The van der Waals surface area contributed by atoms with Crippen LogP contribution in [0.4, 0.5) is 17.1 Å². The summed E-state index contributed by atoms with van der Waals surface area (Å²) in [6.45, 7) is 0. The van der Waals surface area contributed by atoms with Crippen LogP contribution >= 0.6 is 0 Å². The normalized spacial score (nSPS) is 11.4. The van der Waals surface area contributed by atoms with E-state index in [1.54, 1.807) is 0 Å². The molecule has 10 rings (SSSR count). The predicted molar refractivity (Wildman–Crippen MR) is 276 cm³/mol. The monoisotopic (exact) mass is 779 g/mol. The van der Waals surface area contributed by atoms with E-state index < -0.39 is 0 Å². The third-order valence-electron chi connectivity index (χ3n) is 12.1. The van der Waals surface area contributed by atoms with Crippen molar-refractivity contribution in [2.24, 2.45) is 0 Å². The average molecular weight is 778 g/mol. The fourth-order valence-electron chi connectivity index (χ4n) is 8.80. The van der Waals surface area contributed by atoms with Crippen LogP contribution in [0.5, 0.6) is 0 Å². The fraction of sp³-hybridized carbons (Fsp3) is 0. The minimum absolute atomic E-state index is 0.0380. The van der Waals surface area contributed by atoms with Gasteiger partial charge < -0.3 is 9.32 Å². The van der Waals surface area contributed by atoms with Crippen molar-refractivity contribution in [1.82, 2.24) is 0 Å². The molecule has 0 saturated carbocycles. The van der Waals surface area contributed by atoms with E-state index in [0.717, 1.165) is 77.5 Å². The lowest BCUT2D eigenvalue weighted by Gasteiger charge is -2.35. The molecule has 63 heavy (non-hydrogen) atoms. The van der Waals surface area contributed by atoms with E-state index in [4.69, 9.17) is 75.0 Å². The molecule has 272 valence electrons. The standard InChI is InChI=1S/C52H26B9NO/c53-42-40(43(54)47(58)48(59)46(42)57)41-44(55)49(60)51(50(61)45(41)56)62(32-24-21-30(22-25-32)29-19-17-28(18-20-29)27-9-2-1-3-10-27)37-15-7-6-13-34(37)35-14-8-16-38-39(35)36-26-23-31-11-4-5-12-33(31)52(36)63-38/h1-26H. The van der Waals surface area contributed by atoms with E-state index in [1.165, 1.54) is 0 Å². The van der Waals surface area contributed by atoms with Gasteiger partial charge >= 0.3 is 0 Å². The maximum Gasteiger partial charge on any atom is 0.143 e. The first-order valence-electron chi connectivity index (χ1n) is 20.3. The van der Waals surface area contributed by atoms with Crippen molar-refractivity contribution in [3.05, 3.63) is 158 Å². The first-order valence-corrected chi connectivity index (χ1v) is 20.3. The topological polar surface area (TPSA) is 16.4 Å². The first kappa shape index (κ1) is 40.5. The van der Waals surface area contributed by atoms with Crippen molar-refractivity contribution in [3.8, 4) is 44.5 Å². The van der Waals surface area contributed by atoms with Crippen LogP contribution in [0.25, 0.3) is 77.2 Å². The molecule has 0 N–H and O–H groups in total. The lowest BCUT2D eigenvalue weighted by atomic mass is 9.56. The van der Waals surface area contributed by atoms with Gasteiger partial charge in [0.05, 0.1) is 5.69 Å². The summed E-state index contributed by atoms with van der Waals surface area (Å²) in [6.07, 6.45) is 0. The van der Waals surface area contributed by atoms with Crippen LogP contribution in [-0.4, -0.2) is 70.6 Å². The van der Waals surface area contributed by atoms with E-state index in [1.807, 2.05) is 77.7 Å². The third kappa shape index (κ3) is 6.63. The van der Waals surface area contributed by atoms with Crippen molar-refractivity contribution in [1.29, 1.82) is 0 Å². The van der Waals surface area contributed by atoms with E-state index >= 15 is 0 Å². The van der Waals surface area contributed by atoms with Gasteiger partial charge in [-0.3, -0.25) is 0 Å². The molecule has 0 unspecified atom stereocenters. The molecular weight excluding hydrogens is 752 g/mol. The van der Waals surface area contributed by atoms with Crippen molar-refractivity contribution in [3.63, 3.8) is 0 Å². The molecule has 0 atom stereocenters. The molecule has 0 saturated heterocycles. The number of hydrogen-bond donors (Lipinski definition) is 0. The Labute approximate surface area is 379 Å². The van der Waals surface area contributed by atoms with Gasteiger partial charge in [0, 0.05) is 33.1 Å². The van der Waals surface area contributed by atoms with Crippen molar-refractivity contribution in [2.75, 3.05) is 4.90 Å². The number of para-hydroxylation sites is 1. The Bertz CT molecular complexity index is 3380. The summed E-state index contributed by atoms with van der Waals surface area (Å²) in [6, 6.07) is 53.5. The molecule has 0 aliphatic heterocycles. The molecule has 2 nitrogen and oxygen atoms in total. The summed E-state index contributed by atoms with van der Waals surface area (Å²) < 4.78 is 6.62. The number of hydrogen-bond acceptors (Lipinski definition) is 2. The maximum absolute atomic E-state index is 7.16. The summed E-state index contributed by atoms with van der Waals surface area (Å²) >= 11 is 0. The van der Waals surface area contributed by atoms with Gasteiger partial charge in [-0.1, -0.05) is 160 Å². The maximum atomic E-state index is 7.16. The van der Waals surface area contributed by atoms with Crippen molar-refractivity contribution < 1.29 is 4.42 Å². The van der Waals surface area contributed by atoms with E-state index in [9.17, 15) is 0 Å². The van der Waals surface area contributed by atoms with E-state index in [0.29, 0.717) is 5.69 Å². The quantitative estimate of drug-likeness (QED) is 0.228. The van der Waals surface area contributed by atoms with Gasteiger partial charge in [0.25, 0.3) is 0 Å². The van der Waals surface area contributed by atoms with Gasteiger partial charge in [-0.15, -0.1) is 16.4 Å². The number of anilines is 3. The molecule has 0 fully saturated rings. The van der Waals surface area contributed by atoms with Crippen molar-refractivity contribution >= 4 is 170 Å². The number of nitrogens with zero attached hydrogens (tertiary/aromatic N) is 1. The minimum Gasteiger partial charge on any atom is -0.455 e. The van der Waals surface area contributed by atoms with Crippen LogP contribution in [0.2, 0.25) is 0 Å². The molecule has 0 spiro atoms. The molecule has 1 heterocycles. The number of furan rings is 1. The first-order chi connectivity index (χ1) is 30.5. The van der Waals surface area contributed by atoms with Gasteiger partial charge in [0.15, 0.2) is 0 Å². The second-order valence-electron chi connectivity index (χ2n) is 15.6. The Morgan fingerprint density at radius 2 is 0.841 bits per heavy atom. The van der Waals surface area contributed by atoms with Gasteiger partial charge in [0.1, 0.15) is 81.8 Å². The number of benzene rings is 9. The Balaban J connectivity index is 1.19. The van der Waals surface area contributed by atoms with Crippen LogP contribution < -0.4 is 54.1 Å². The number of fused-ring (bicyclic) bond motifs is 5. The predicted octanol–water partition coefficient (Wildman–Crippen LogP) is 4.02. The van der Waals surface area contributed by atoms with Crippen LogP contribution in [0.3, 0.4) is 0 Å². The molecule has 18 radical (unpaired) electrons. The fourth-order valence-corrected chi connectivity index (χ4v) is 8.80. The lowest BCUT2D eigenvalue weighted by Crippen LogP contribution is -2.57. The summed E-state index contributed by atoms with van der Waals surface area (Å²) in [4.78, 5) is 1.98. The number of rotatable bonds is 7. The molecule has 11 heteroatoms. The average Bonchev–Trinajstić information content (AvgIpc) is 3.72.